The second-order valence-corrected chi connectivity index (χ2v) is 4.63. The van der Waals surface area contributed by atoms with Crippen molar-refractivity contribution in [3.05, 3.63) is 36.4 Å². The van der Waals surface area contributed by atoms with Gasteiger partial charge < -0.3 is 29.9 Å². The Morgan fingerprint density at radius 1 is 1.14 bits per heavy atom. The molecule has 0 radical (unpaired) electrons. The molecule has 0 aromatic heterocycles. The summed E-state index contributed by atoms with van der Waals surface area (Å²) in [6.45, 7) is 3.60. The maximum absolute atomic E-state index is 11.0. The zero-order chi connectivity index (χ0) is 15.6. The van der Waals surface area contributed by atoms with Crippen molar-refractivity contribution in [1.82, 2.24) is 0 Å². The Kier molecular flexibility index (Phi) is 4.59. The number of aliphatic carboxylic acids is 1. The highest BCUT2D eigenvalue weighted by atomic mass is 16.7. The Morgan fingerprint density at radius 3 is 2.29 bits per heavy atom. The normalized spacial score (nSPS) is 32.4. The summed E-state index contributed by atoms with van der Waals surface area (Å²) in [7, 11) is 0. The average molecular weight is 296 g/mol. The predicted octanol–water partition coefficient (Wildman–Crippen LogP) is -0.399. The van der Waals surface area contributed by atoms with E-state index < -0.39 is 36.7 Å². The summed E-state index contributed by atoms with van der Waals surface area (Å²) < 4.78 is 10.3. The quantitative estimate of drug-likeness (QED) is 0.597. The van der Waals surface area contributed by atoms with Crippen LogP contribution < -0.4 is 4.74 Å². The second-order valence-electron chi connectivity index (χ2n) is 4.63. The van der Waals surface area contributed by atoms with Crippen LogP contribution in [0.4, 0.5) is 0 Å². The van der Waals surface area contributed by atoms with E-state index in [9.17, 15) is 20.1 Å². The van der Waals surface area contributed by atoms with Gasteiger partial charge in [0.1, 0.15) is 24.1 Å². The molecular weight excluding hydrogens is 280 g/mol. The molecule has 1 heterocycles. The lowest BCUT2D eigenvalue weighted by atomic mass is 9.99. The van der Waals surface area contributed by atoms with Crippen LogP contribution in [-0.4, -0.2) is 57.1 Å². The number of hydrogen-bond donors (Lipinski definition) is 4. The molecule has 0 aliphatic carbocycles. The van der Waals surface area contributed by atoms with Crippen LogP contribution in [0.1, 0.15) is 5.56 Å². The zero-order valence-electron chi connectivity index (χ0n) is 11.0. The first-order valence-corrected chi connectivity index (χ1v) is 6.25. The van der Waals surface area contributed by atoms with Crippen LogP contribution in [0.5, 0.6) is 5.75 Å². The second kappa shape index (κ2) is 6.23. The maximum atomic E-state index is 11.0. The summed E-state index contributed by atoms with van der Waals surface area (Å²) in [5.41, 5.74) is 0.853. The molecule has 0 amide bonds. The SMILES string of the molecule is C=Cc1ccc(OC2OC(C(=O)O)C(O)C(O)C2O)cc1. The Balaban J connectivity index is 2.13. The summed E-state index contributed by atoms with van der Waals surface area (Å²) in [5.74, 6) is -1.14. The van der Waals surface area contributed by atoms with Gasteiger partial charge in [0.05, 0.1) is 0 Å². The molecule has 1 aliphatic rings. The topological polar surface area (TPSA) is 116 Å². The van der Waals surface area contributed by atoms with Gasteiger partial charge in [0, 0.05) is 0 Å². The van der Waals surface area contributed by atoms with Gasteiger partial charge in [-0.2, -0.15) is 0 Å². The van der Waals surface area contributed by atoms with Crippen LogP contribution in [0.15, 0.2) is 30.8 Å². The minimum atomic E-state index is -1.74. The first kappa shape index (κ1) is 15.5. The van der Waals surface area contributed by atoms with Crippen LogP contribution in [0.2, 0.25) is 0 Å². The third-order valence-corrected chi connectivity index (χ3v) is 3.18. The van der Waals surface area contributed by atoms with E-state index in [4.69, 9.17) is 14.6 Å². The molecule has 5 atom stereocenters. The summed E-state index contributed by atoms with van der Waals surface area (Å²) in [4.78, 5) is 11.0. The van der Waals surface area contributed by atoms with Crippen molar-refractivity contribution in [3.63, 3.8) is 0 Å². The van der Waals surface area contributed by atoms with E-state index in [0.29, 0.717) is 5.75 Å². The molecule has 5 unspecified atom stereocenters. The molecular formula is C14H16O7. The third kappa shape index (κ3) is 3.22. The third-order valence-electron chi connectivity index (χ3n) is 3.18. The molecule has 0 spiro atoms. The maximum Gasteiger partial charge on any atom is 0.335 e. The molecule has 21 heavy (non-hydrogen) atoms. The van der Waals surface area contributed by atoms with E-state index in [0.717, 1.165) is 5.56 Å². The average Bonchev–Trinajstić information content (AvgIpc) is 2.48. The van der Waals surface area contributed by atoms with Gasteiger partial charge in [0.15, 0.2) is 6.10 Å². The Hall–Kier alpha value is -1.93. The van der Waals surface area contributed by atoms with E-state index in [1.807, 2.05) is 0 Å². The number of carboxylic acids is 1. The first-order chi connectivity index (χ1) is 9.93. The number of aliphatic hydroxyl groups is 3. The summed E-state index contributed by atoms with van der Waals surface area (Å²) in [5, 5.41) is 37.9. The van der Waals surface area contributed by atoms with Crippen LogP contribution in [0, 0.1) is 0 Å². The van der Waals surface area contributed by atoms with Gasteiger partial charge in [-0.1, -0.05) is 24.8 Å². The largest absolute Gasteiger partial charge is 0.479 e. The smallest absolute Gasteiger partial charge is 0.335 e. The lowest BCUT2D eigenvalue weighted by molar-refractivity contribution is -0.271. The lowest BCUT2D eigenvalue weighted by Crippen LogP contribution is -2.61. The van der Waals surface area contributed by atoms with Gasteiger partial charge in [-0.3, -0.25) is 0 Å². The summed E-state index contributed by atoms with van der Waals surface area (Å²) in [6.07, 6.45) is -6.44. The molecule has 1 saturated heterocycles. The van der Waals surface area contributed by atoms with E-state index >= 15 is 0 Å². The van der Waals surface area contributed by atoms with Crippen molar-refractivity contribution in [1.29, 1.82) is 0 Å². The fourth-order valence-electron chi connectivity index (χ4n) is 1.97. The Morgan fingerprint density at radius 2 is 1.76 bits per heavy atom. The van der Waals surface area contributed by atoms with Gasteiger partial charge in [-0.25, -0.2) is 4.79 Å². The van der Waals surface area contributed by atoms with Crippen molar-refractivity contribution in [3.8, 4) is 5.75 Å². The molecule has 0 bridgehead atoms. The molecule has 1 fully saturated rings. The molecule has 1 aliphatic heterocycles. The van der Waals surface area contributed by atoms with Crippen molar-refractivity contribution >= 4 is 12.0 Å². The van der Waals surface area contributed by atoms with E-state index in [1.54, 1.807) is 30.3 Å². The number of aliphatic hydroxyl groups excluding tert-OH is 3. The molecule has 1 aromatic carbocycles. The number of benzene rings is 1. The number of carboxylic acid groups (broad SMARTS) is 1. The lowest BCUT2D eigenvalue weighted by Gasteiger charge is -2.38. The van der Waals surface area contributed by atoms with Crippen LogP contribution in [-0.2, 0) is 9.53 Å². The van der Waals surface area contributed by atoms with Gasteiger partial charge in [0.25, 0.3) is 0 Å². The molecule has 0 saturated carbocycles. The van der Waals surface area contributed by atoms with E-state index in [1.165, 1.54) is 0 Å². The fraction of sp³-hybridized carbons (Fsp3) is 0.357. The van der Waals surface area contributed by atoms with Gasteiger partial charge in [-0.05, 0) is 17.7 Å². The summed E-state index contributed by atoms with van der Waals surface area (Å²) in [6, 6.07) is 6.58. The zero-order valence-corrected chi connectivity index (χ0v) is 11.0. The van der Waals surface area contributed by atoms with E-state index in [-0.39, 0.29) is 0 Å². The van der Waals surface area contributed by atoms with E-state index in [2.05, 4.69) is 6.58 Å². The number of hydrogen-bond acceptors (Lipinski definition) is 6. The highest BCUT2D eigenvalue weighted by Gasteiger charge is 2.48. The van der Waals surface area contributed by atoms with Gasteiger partial charge in [-0.15, -0.1) is 0 Å². The van der Waals surface area contributed by atoms with Crippen molar-refractivity contribution in [2.45, 2.75) is 30.7 Å². The van der Waals surface area contributed by atoms with Crippen LogP contribution in [0.25, 0.3) is 6.08 Å². The molecule has 114 valence electrons. The minimum Gasteiger partial charge on any atom is -0.479 e. The number of rotatable bonds is 4. The van der Waals surface area contributed by atoms with Gasteiger partial charge in [0.2, 0.25) is 6.29 Å². The molecule has 7 nitrogen and oxygen atoms in total. The standard InChI is InChI=1S/C14H16O7/c1-2-7-3-5-8(6-4-7)20-14-11(17)9(15)10(16)12(21-14)13(18)19/h2-6,9-12,14-17H,1H2,(H,18,19). The summed E-state index contributed by atoms with van der Waals surface area (Å²) >= 11 is 0. The molecule has 2 rings (SSSR count). The Bertz CT molecular complexity index is 513. The Labute approximate surface area is 120 Å². The predicted molar refractivity (Wildman–Crippen MR) is 71.5 cm³/mol. The fourth-order valence-corrected chi connectivity index (χ4v) is 1.97. The molecule has 7 heteroatoms. The van der Waals surface area contributed by atoms with Crippen molar-refractivity contribution < 1.29 is 34.7 Å². The highest BCUT2D eigenvalue weighted by Crippen LogP contribution is 2.24. The molecule has 4 N–H and O–H groups in total. The highest BCUT2D eigenvalue weighted by molar-refractivity contribution is 5.73. The first-order valence-electron chi connectivity index (χ1n) is 6.25. The van der Waals surface area contributed by atoms with Crippen LogP contribution >= 0.6 is 0 Å². The monoisotopic (exact) mass is 296 g/mol. The van der Waals surface area contributed by atoms with Gasteiger partial charge >= 0.3 is 5.97 Å². The van der Waals surface area contributed by atoms with Crippen LogP contribution in [0.3, 0.4) is 0 Å². The number of carbonyl (C=O) groups is 1. The number of ether oxygens (including phenoxy) is 2. The minimum absolute atomic E-state index is 0.317. The molecule has 1 aromatic rings. The van der Waals surface area contributed by atoms with Crippen molar-refractivity contribution in [2.75, 3.05) is 0 Å². The van der Waals surface area contributed by atoms with Crippen molar-refractivity contribution in [2.24, 2.45) is 0 Å².